The van der Waals surface area contributed by atoms with Gasteiger partial charge in [0.15, 0.2) is 11.9 Å². The van der Waals surface area contributed by atoms with Crippen molar-refractivity contribution in [3.63, 3.8) is 0 Å². The molecule has 1 saturated carbocycles. The molecular formula is C23H32BNO7. The van der Waals surface area contributed by atoms with Crippen LogP contribution in [0.4, 0.5) is 0 Å². The van der Waals surface area contributed by atoms with Gasteiger partial charge in [0.05, 0.1) is 6.10 Å². The Morgan fingerprint density at radius 2 is 1.94 bits per heavy atom. The van der Waals surface area contributed by atoms with Crippen molar-refractivity contribution in [2.75, 3.05) is 6.54 Å². The van der Waals surface area contributed by atoms with E-state index < -0.39 is 24.8 Å². The van der Waals surface area contributed by atoms with Gasteiger partial charge in [-0.25, -0.2) is 9.78 Å². The van der Waals surface area contributed by atoms with Crippen molar-refractivity contribution in [1.29, 1.82) is 0 Å². The molecule has 0 unspecified atom stereocenters. The van der Waals surface area contributed by atoms with Crippen LogP contribution in [0.3, 0.4) is 0 Å². The third-order valence-corrected chi connectivity index (χ3v) is 8.24. The second kappa shape index (κ2) is 8.08. The molecule has 3 N–H and O–H groups in total. The van der Waals surface area contributed by atoms with Crippen LogP contribution in [0.5, 0.6) is 0 Å². The molecule has 8 nitrogen and oxygen atoms in total. The maximum atomic E-state index is 12.8. The number of hydrogen-bond donors (Lipinski definition) is 3. The Hall–Kier alpha value is -1.49. The zero-order valence-corrected chi connectivity index (χ0v) is 18.8. The zero-order chi connectivity index (χ0) is 22.7. The quantitative estimate of drug-likeness (QED) is 0.475. The summed E-state index contributed by atoms with van der Waals surface area (Å²) in [7, 11) is -1.71. The first kappa shape index (κ1) is 22.3. The Bertz CT molecular complexity index is 884. The number of ether oxygens (including phenoxy) is 2. The molecule has 5 aliphatic rings. The van der Waals surface area contributed by atoms with Gasteiger partial charge in [0.2, 0.25) is 5.79 Å². The molecule has 4 aliphatic heterocycles. The predicted octanol–water partition coefficient (Wildman–Crippen LogP) is 1.35. The minimum absolute atomic E-state index is 0.120. The van der Waals surface area contributed by atoms with E-state index in [2.05, 4.69) is 19.2 Å². The van der Waals surface area contributed by atoms with Gasteiger partial charge in [0.25, 0.3) is 5.91 Å². The lowest BCUT2D eigenvalue weighted by molar-refractivity contribution is -0.570. The Morgan fingerprint density at radius 3 is 2.72 bits per heavy atom. The van der Waals surface area contributed by atoms with Crippen LogP contribution < -0.4 is 10.8 Å². The topological polar surface area (TPSA) is 106 Å². The zero-order valence-electron chi connectivity index (χ0n) is 18.8. The summed E-state index contributed by atoms with van der Waals surface area (Å²) in [4.78, 5) is 24.8. The molecule has 5 fully saturated rings. The molecule has 0 aromatic heterocycles. The molecule has 1 aliphatic carbocycles. The van der Waals surface area contributed by atoms with Crippen molar-refractivity contribution in [3.05, 3.63) is 29.8 Å². The van der Waals surface area contributed by atoms with Crippen LogP contribution in [-0.2, 0) is 19.2 Å². The van der Waals surface area contributed by atoms with Crippen LogP contribution in [0.2, 0.25) is 0 Å². The van der Waals surface area contributed by atoms with Crippen LogP contribution in [-0.4, -0.2) is 53.4 Å². The van der Waals surface area contributed by atoms with Gasteiger partial charge in [-0.2, -0.15) is 0 Å². The van der Waals surface area contributed by atoms with E-state index in [-0.39, 0.29) is 34.9 Å². The average Bonchev–Trinajstić information content (AvgIpc) is 3.01. The fourth-order valence-corrected chi connectivity index (χ4v) is 6.43. The monoisotopic (exact) mass is 445 g/mol. The van der Waals surface area contributed by atoms with E-state index in [1.165, 1.54) is 6.07 Å². The van der Waals surface area contributed by atoms with Gasteiger partial charge in [-0.05, 0) is 55.5 Å². The Labute approximate surface area is 188 Å². The maximum Gasteiger partial charge on any atom is 0.489 e. The van der Waals surface area contributed by atoms with Crippen LogP contribution in [0.15, 0.2) is 24.3 Å². The summed E-state index contributed by atoms with van der Waals surface area (Å²) in [5.41, 5.74) is -0.210. The molecule has 8 atom stereocenters. The smallest absolute Gasteiger partial charge is 0.423 e. The number of nitrogens with one attached hydrogen (secondary N) is 1. The third kappa shape index (κ3) is 3.41. The number of benzene rings is 1. The van der Waals surface area contributed by atoms with Gasteiger partial charge in [0.1, 0.15) is 0 Å². The van der Waals surface area contributed by atoms with E-state index >= 15 is 0 Å². The standard InChI is InChI=1S/C23H32BNO7/c1-13-8-9-17-14(2)19(12-25-20(26)15-6-4-5-7-18(15)24(27)28)29-21-23(17)16(13)10-11-22(3,30-21)31-32-23/h4-7,13-14,16-17,19,21,27-28H,8-12H2,1-3H3,(H,25,26)/t13-,14-,16+,17+,19-,21-,22-,23-/m1/s1. The van der Waals surface area contributed by atoms with Crippen molar-refractivity contribution in [2.24, 2.45) is 23.7 Å². The number of amides is 1. The highest BCUT2D eigenvalue weighted by atomic mass is 17.3. The summed E-state index contributed by atoms with van der Waals surface area (Å²) < 4.78 is 12.8. The predicted molar refractivity (Wildman–Crippen MR) is 115 cm³/mol. The molecule has 4 heterocycles. The number of hydrogen-bond acceptors (Lipinski definition) is 7. The van der Waals surface area contributed by atoms with Crippen LogP contribution >= 0.6 is 0 Å². The minimum Gasteiger partial charge on any atom is -0.423 e. The van der Waals surface area contributed by atoms with Crippen molar-refractivity contribution in [2.45, 2.75) is 70.2 Å². The summed E-state index contributed by atoms with van der Waals surface area (Å²) in [5.74, 6) is -0.0909. The maximum absolute atomic E-state index is 12.8. The van der Waals surface area contributed by atoms with Gasteiger partial charge in [0, 0.05) is 24.4 Å². The lowest BCUT2D eigenvalue weighted by atomic mass is 9.57. The van der Waals surface area contributed by atoms with Gasteiger partial charge in [-0.3, -0.25) is 4.79 Å². The molecule has 6 rings (SSSR count). The minimum atomic E-state index is -1.71. The van der Waals surface area contributed by atoms with E-state index in [0.717, 1.165) is 25.7 Å². The summed E-state index contributed by atoms with van der Waals surface area (Å²) in [5, 5.41) is 22.1. The first-order valence-electron chi connectivity index (χ1n) is 11.7. The highest BCUT2D eigenvalue weighted by Crippen LogP contribution is 2.60. The van der Waals surface area contributed by atoms with Crippen LogP contribution in [0.1, 0.15) is 56.8 Å². The van der Waals surface area contributed by atoms with Gasteiger partial charge in [-0.15, -0.1) is 0 Å². The number of rotatable bonds is 4. The first-order valence-corrected chi connectivity index (χ1v) is 11.7. The fraction of sp³-hybridized carbons (Fsp3) is 0.696. The number of carbonyl (C=O) groups is 1. The molecule has 4 saturated heterocycles. The first-order chi connectivity index (χ1) is 15.2. The average molecular weight is 445 g/mol. The fourth-order valence-electron chi connectivity index (χ4n) is 6.43. The van der Waals surface area contributed by atoms with E-state index in [4.69, 9.17) is 19.2 Å². The molecule has 32 heavy (non-hydrogen) atoms. The lowest BCUT2D eigenvalue weighted by Gasteiger charge is -2.60. The second-order valence-corrected chi connectivity index (χ2v) is 10.1. The van der Waals surface area contributed by atoms with Crippen molar-refractivity contribution in [1.82, 2.24) is 5.32 Å². The molecule has 1 spiro atoms. The molecule has 9 heteroatoms. The van der Waals surface area contributed by atoms with Crippen LogP contribution in [0, 0.1) is 23.7 Å². The summed E-state index contributed by atoms with van der Waals surface area (Å²) >= 11 is 0. The second-order valence-electron chi connectivity index (χ2n) is 10.1. The molecule has 1 aromatic rings. The van der Waals surface area contributed by atoms with E-state index in [1.807, 2.05) is 6.92 Å². The third-order valence-electron chi connectivity index (χ3n) is 8.24. The molecule has 2 bridgehead atoms. The highest BCUT2D eigenvalue weighted by molar-refractivity contribution is 6.60. The summed E-state index contributed by atoms with van der Waals surface area (Å²) in [6.07, 6.45) is 3.04. The summed E-state index contributed by atoms with van der Waals surface area (Å²) in [6.45, 7) is 6.61. The number of carbonyl (C=O) groups excluding carboxylic acids is 1. The Kier molecular flexibility index (Phi) is 5.63. The van der Waals surface area contributed by atoms with Gasteiger partial charge in [-0.1, -0.05) is 32.0 Å². The molecule has 174 valence electrons. The van der Waals surface area contributed by atoms with E-state index in [0.29, 0.717) is 18.4 Å². The molecular weight excluding hydrogens is 413 g/mol. The Balaban J connectivity index is 1.36. The van der Waals surface area contributed by atoms with Crippen molar-refractivity contribution < 1.29 is 34.1 Å². The summed E-state index contributed by atoms with van der Waals surface area (Å²) in [6, 6.07) is 6.47. The van der Waals surface area contributed by atoms with E-state index in [1.54, 1.807) is 18.2 Å². The molecule has 0 radical (unpaired) electrons. The Morgan fingerprint density at radius 1 is 1.16 bits per heavy atom. The van der Waals surface area contributed by atoms with E-state index in [9.17, 15) is 14.8 Å². The molecule has 1 amide bonds. The van der Waals surface area contributed by atoms with Gasteiger partial charge < -0.3 is 24.8 Å². The largest absolute Gasteiger partial charge is 0.489 e. The highest BCUT2D eigenvalue weighted by Gasteiger charge is 2.69. The normalized spacial score (nSPS) is 42.7. The van der Waals surface area contributed by atoms with Crippen molar-refractivity contribution >= 4 is 18.5 Å². The van der Waals surface area contributed by atoms with Crippen LogP contribution in [0.25, 0.3) is 0 Å². The number of fused-ring (bicyclic) bond motifs is 2. The molecule has 1 aromatic carbocycles. The SMILES string of the molecule is C[C@H]1[C@@H](CNC(=O)c2ccccc2B(O)O)O[C@@H]2O[C@@]3(C)CC[C@H]4[C@H](C)CC[C@@H]1[C@@]24OO3. The van der Waals surface area contributed by atoms with Gasteiger partial charge >= 0.3 is 7.12 Å². The lowest BCUT2D eigenvalue weighted by Crippen LogP contribution is -2.71. The van der Waals surface area contributed by atoms with Crippen molar-refractivity contribution in [3.8, 4) is 0 Å².